The van der Waals surface area contributed by atoms with E-state index in [1.54, 1.807) is 26.8 Å². The maximum absolute atomic E-state index is 11.9. The Kier molecular flexibility index (Phi) is 2.70. The number of carbonyl (C=O) groups excluding carboxylic acids is 1. The summed E-state index contributed by atoms with van der Waals surface area (Å²) in [5, 5.41) is 0.395. The first-order valence-corrected chi connectivity index (χ1v) is 5.53. The molecule has 5 heteroatoms. The van der Waals surface area contributed by atoms with Crippen molar-refractivity contribution in [2.45, 2.75) is 26.6 Å². The molecule has 0 saturated carbocycles. The van der Waals surface area contributed by atoms with Gasteiger partial charge in [0.05, 0.1) is 12.1 Å². The molecular formula is C12H13ClO4. The third kappa shape index (κ3) is 1.93. The number of ether oxygens (including phenoxy) is 3. The smallest absolute Gasteiger partial charge is 0.345 e. The normalized spacial score (nSPS) is 16.9. The van der Waals surface area contributed by atoms with E-state index in [0.717, 1.165) is 0 Å². The highest BCUT2D eigenvalue weighted by atomic mass is 35.5. The molecule has 0 spiro atoms. The molecule has 2 rings (SSSR count). The van der Waals surface area contributed by atoms with Gasteiger partial charge in [-0.15, -0.1) is 0 Å². The second-order valence-electron chi connectivity index (χ2n) is 4.28. The molecule has 1 aliphatic rings. The molecule has 92 valence electrons. The van der Waals surface area contributed by atoms with Crippen LogP contribution < -0.4 is 9.47 Å². The fourth-order valence-electron chi connectivity index (χ4n) is 1.78. The zero-order valence-electron chi connectivity index (χ0n) is 10.1. The average Bonchev–Trinajstić information content (AvgIpc) is 2.20. The van der Waals surface area contributed by atoms with Crippen molar-refractivity contribution < 1.29 is 19.0 Å². The van der Waals surface area contributed by atoms with Gasteiger partial charge in [0.25, 0.3) is 0 Å². The zero-order chi connectivity index (χ0) is 12.8. The molecule has 0 saturated heterocycles. The summed E-state index contributed by atoms with van der Waals surface area (Å²) in [4.78, 5) is 11.9. The molecule has 0 aromatic heterocycles. The van der Waals surface area contributed by atoms with E-state index in [0.29, 0.717) is 27.6 Å². The van der Waals surface area contributed by atoms with Crippen LogP contribution >= 0.6 is 11.6 Å². The van der Waals surface area contributed by atoms with Crippen molar-refractivity contribution in [3.63, 3.8) is 0 Å². The number of cyclic esters (lactones) is 1. The second-order valence-corrected chi connectivity index (χ2v) is 4.66. The van der Waals surface area contributed by atoms with Crippen molar-refractivity contribution in [1.82, 2.24) is 0 Å². The predicted molar refractivity (Wildman–Crippen MR) is 62.9 cm³/mol. The van der Waals surface area contributed by atoms with Gasteiger partial charge in [-0.1, -0.05) is 11.6 Å². The first-order chi connectivity index (χ1) is 7.85. The lowest BCUT2D eigenvalue weighted by atomic mass is 10.1. The highest BCUT2D eigenvalue weighted by Gasteiger charge is 2.36. The Morgan fingerprint density at radius 2 is 2.00 bits per heavy atom. The van der Waals surface area contributed by atoms with E-state index in [4.69, 9.17) is 25.8 Å². The molecule has 0 aliphatic carbocycles. The van der Waals surface area contributed by atoms with Gasteiger partial charge in [0.2, 0.25) is 5.79 Å². The first-order valence-electron chi connectivity index (χ1n) is 5.15. The number of carbonyl (C=O) groups is 1. The summed E-state index contributed by atoms with van der Waals surface area (Å²) in [5.41, 5.74) is 0.955. The second kappa shape index (κ2) is 3.81. The van der Waals surface area contributed by atoms with Crippen LogP contribution in [0.4, 0.5) is 0 Å². The van der Waals surface area contributed by atoms with Gasteiger partial charge >= 0.3 is 5.97 Å². The van der Waals surface area contributed by atoms with Gasteiger partial charge in [-0.05, 0) is 12.5 Å². The molecule has 1 aliphatic heterocycles. The van der Waals surface area contributed by atoms with E-state index in [1.807, 2.05) is 0 Å². The van der Waals surface area contributed by atoms with Crippen LogP contribution in [-0.4, -0.2) is 18.9 Å². The Hall–Kier alpha value is -1.42. The van der Waals surface area contributed by atoms with Gasteiger partial charge in [-0.2, -0.15) is 0 Å². The molecule has 0 amide bonds. The van der Waals surface area contributed by atoms with Gasteiger partial charge < -0.3 is 14.2 Å². The van der Waals surface area contributed by atoms with Gasteiger partial charge in [0, 0.05) is 19.9 Å². The number of fused-ring (bicyclic) bond motifs is 1. The Bertz CT molecular complexity index is 494. The maximum atomic E-state index is 11.9. The van der Waals surface area contributed by atoms with E-state index in [1.165, 1.54) is 7.11 Å². The van der Waals surface area contributed by atoms with E-state index < -0.39 is 11.8 Å². The fraction of sp³-hybridized carbons (Fsp3) is 0.417. The number of hydrogen-bond donors (Lipinski definition) is 0. The SMILES string of the molecule is COc1cc2c(c(C)c1Cl)C(=O)OC(C)(C)O2. The third-order valence-corrected chi connectivity index (χ3v) is 3.02. The summed E-state index contributed by atoms with van der Waals surface area (Å²) in [7, 11) is 1.51. The van der Waals surface area contributed by atoms with Crippen molar-refractivity contribution in [3.8, 4) is 11.5 Å². The lowest BCUT2D eigenvalue weighted by Crippen LogP contribution is -2.39. The van der Waals surface area contributed by atoms with E-state index in [-0.39, 0.29) is 0 Å². The van der Waals surface area contributed by atoms with Crippen LogP contribution in [0.25, 0.3) is 0 Å². The first kappa shape index (κ1) is 12.0. The third-order valence-electron chi connectivity index (χ3n) is 2.55. The minimum absolute atomic E-state index is 0.357. The zero-order valence-corrected chi connectivity index (χ0v) is 10.8. The fourth-order valence-corrected chi connectivity index (χ4v) is 2.00. The molecule has 0 atom stereocenters. The molecule has 0 N–H and O–H groups in total. The number of esters is 1. The number of benzene rings is 1. The molecule has 17 heavy (non-hydrogen) atoms. The van der Waals surface area contributed by atoms with E-state index in [2.05, 4.69) is 0 Å². The largest absolute Gasteiger partial charge is 0.495 e. The number of hydrogen-bond acceptors (Lipinski definition) is 4. The minimum atomic E-state index is -0.977. The molecule has 0 radical (unpaired) electrons. The maximum Gasteiger partial charge on any atom is 0.345 e. The van der Waals surface area contributed by atoms with Crippen LogP contribution in [0.5, 0.6) is 11.5 Å². The summed E-state index contributed by atoms with van der Waals surface area (Å²) < 4.78 is 15.9. The average molecular weight is 257 g/mol. The van der Waals surface area contributed by atoms with Gasteiger partial charge in [-0.25, -0.2) is 4.79 Å². The molecule has 1 aromatic rings. The summed E-state index contributed by atoms with van der Waals surface area (Å²) in [5.74, 6) is -0.494. The summed E-state index contributed by atoms with van der Waals surface area (Å²) in [6, 6.07) is 1.60. The number of rotatable bonds is 1. The highest BCUT2D eigenvalue weighted by Crippen LogP contribution is 2.41. The lowest BCUT2D eigenvalue weighted by molar-refractivity contribution is -0.127. The van der Waals surface area contributed by atoms with Crippen molar-refractivity contribution in [2.75, 3.05) is 7.11 Å². The molecule has 1 aromatic carbocycles. The van der Waals surface area contributed by atoms with Crippen LogP contribution in [0, 0.1) is 6.92 Å². The Balaban J connectivity index is 2.65. The summed E-state index contributed by atoms with van der Waals surface area (Å²) >= 11 is 6.08. The number of methoxy groups -OCH3 is 1. The van der Waals surface area contributed by atoms with Crippen molar-refractivity contribution in [2.24, 2.45) is 0 Å². The van der Waals surface area contributed by atoms with Crippen LogP contribution in [0.1, 0.15) is 29.8 Å². The highest BCUT2D eigenvalue weighted by molar-refractivity contribution is 6.33. The number of halogens is 1. The quantitative estimate of drug-likeness (QED) is 0.725. The van der Waals surface area contributed by atoms with Gasteiger partial charge in [0.15, 0.2) is 0 Å². The van der Waals surface area contributed by atoms with Crippen molar-refractivity contribution in [1.29, 1.82) is 0 Å². The molecule has 0 bridgehead atoms. The van der Waals surface area contributed by atoms with Crippen molar-refractivity contribution >= 4 is 17.6 Å². The van der Waals surface area contributed by atoms with Crippen LogP contribution in [0.15, 0.2) is 6.07 Å². The predicted octanol–water partition coefficient (Wildman–Crippen LogP) is 2.94. The van der Waals surface area contributed by atoms with E-state index in [9.17, 15) is 4.79 Å². The summed E-state index contributed by atoms with van der Waals surface area (Å²) in [6.07, 6.45) is 0. The van der Waals surface area contributed by atoms with Crippen LogP contribution in [-0.2, 0) is 4.74 Å². The Labute approximate surface area is 104 Å². The standard InChI is InChI=1S/C12H13ClO4/c1-6-9-7(5-8(15-4)10(6)13)16-12(2,3)17-11(9)14/h5H,1-4H3. The Morgan fingerprint density at radius 3 is 2.59 bits per heavy atom. The Morgan fingerprint density at radius 1 is 1.35 bits per heavy atom. The molecule has 1 heterocycles. The molecular weight excluding hydrogens is 244 g/mol. The lowest BCUT2D eigenvalue weighted by Gasteiger charge is -2.32. The van der Waals surface area contributed by atoms with Crippen LogP contribution in [0.2, 0.25) is 5.02 Å². The summed E-state index contributed by atoms with van der Waals surface area (Å²) in [6.45, 7) is 5.07. The van der Waals surface area contributed by atoms with Crippen LogP contribution in [0.3, 0.4) is 0 Å². The minimum Gasteiger partial charge on any atom is -0.495 e. The van der Waals surface area contributed by atoms with Gasteiger partial charge in [-0.3, -0.25) is 0 Å². The molecule has 0 fully saturated rings. The molecule has 0 unspecified atom stereocenters. The topological polar surface area (TPSA) is 44.8 Å². The van der Waals surface area contributed by atoms with Gasteiger partial charge in [0.1, 0.15) is 17.1 Å². The van der Waals surface area contributed by atoms with Crippen molar-refractivity contribution in [3.05, 3.63) is 22.2 Å². The van der Waals surface area contributed by atoms with E-state index >= 15 is 0 Å². The monoisotopic (exact) mass is 256 g/mol. The molecule has 4 nitrogen and oxygen atoms in total.